The summed E-state index contributed by atoms with van der Waals surface area (Å²) in [4.78, 5) is 12.2. The average molecular weight is 276 g/mol. The topological polar surface area (TPSA) is 26.3 Å². The maximum atomic E-state index is 12.2. The Bertz CT molecular complexity index is 394. The normalized spacial score (nSPS) is 14.0. The van der Waals surface area contributed by atoms with Crippen molar-refractivity contribution < 1.29 is 9.53 Å². The molecule has 0 saturated carbocycles. The molecule has 0 heterocycles. The van der Waals surface area contributed by atoms with E-state index in [4.69, 9.17) is 4.74 Å². The molecule has 0 aliphatic carbocycles. The van der Waals surface area contributed by atoms with E-state index in [-0.39, 0.29) is 11.9 Å². The Hall–Kier alpha value is -1.15. The molecule has 2 heteroatoms. The zero-order valence-corrected chi connectivity index (χ0v) is 13.3. The van der Waals surface area contributed by atoms with Crippen molar-refractivity contribution in [3.8, 4) is 0 Å². The molecule has 0 aliphatic heterocycles. The first kappa shape index (κ1) is 16.9. The van der Waals surface area contributed by atoms with Gasteiger partial charge in [0.1, 0.15) is 6.10 Å². The minimum absolute atomic E-state index is 0.0790. The second-order valence-electron chi connectivity index (χ2n) is 5.62. The van der Waals surface area contributed by atoms with Crippen molar-refractivity contribution in [2.24, 2.45) is 5.92 Å². The highest BCUT2D eigenvalue weighted by Gasteiger charge is 2.17. The Morgan fingerprint density at radius 1 is 1.20 bits per heavy atom. The number of rotatable bonds is 9. The Labute approximate surface area is 123 Å². The lowest BCUT2D eigenvalue weighted by Crippen LogP contribution is -2.24. The average Bonchev–Trinajstić information content (AvgIpc) is 2.47. The Morgan fingerprint density at radius 2 is 1.85 bits per heavy atom. The van der Waals surface area contributed by atoms with Gasteiger partial charge in [-0.3, -0.25) is 4.79 Å². The van der Waals surface area contributed by atoms with E-state index in [9.17, 15) is 4.79 Å². The molecule has 2 atom stereocenters. The number of carbonyl (C=O) groups excluding carboxylic acids is 1. The first-order chi connectivity index (χ1) is 9.58. The molecule has 2 nitrogen and oxygen atoms in total. The molecular formula is C18H28O2. The SMILES string of the molecule is CCCCC(CC)COC(C)C(=O)c1ccc(C)cc1. The second kappa shape index (κ2) is 8.91. The minimum Gasteiger partial charge on any atom is -0.370 e. The van der Waals surface area contributed by atoms with Crippen molar-refractivity contribution in [3.05, 3.63) is 35.4 Å². The molecule has 0 fully saturated rings. The largest absolute Gasteiger partial charge is 0.370 e. The smallest absolute Gasteiger partial charge is 0.191 e. The number of benzene rings is 1. The molecule has 1 aromatic carbocycles. The van der Waals surface area contributed by atoms with Crippen molar-refractivity contribution in [1.82, 2.24) is 0 Å². The molecule has 0 radical (unpaired) electrons. The first-order valence-corrected chi connectivity index (χ1v) is 7.80. The van der Waals surface area contributed by atoms with Crippen LogP contribution in [0.3, 0.4) is 0 Å². The zero-order chi connectivity index (χ0) is 15.0. The number of aryl methyl sites for hydroxylation is 1. The fourth-order valence-electron chi connectivity index (χ4n) is 2.21. The van der Waals surface area contributed by atoms with E-state index in [0.717, 1.165) is 12.0 Å². The van der Waals surface area contributed by atoms with E-state index in [2.05, 4.69) is 13.8 Å². The summed E-state index contributed by atoms with van der Waals surface area (Å²) in [6, 6.07) is 7.70. The number of unbranched alkanes of at least 4 members (excludes halogenated alkanes) is 1. The van der Waals surface area contributed by atoms with Crippen LogP contribution in [0.5, 0.6) is 0 Å². The zero-order valence-electron chi connectivity index (χ0n) is 13.3. The molecule has 0 aromatic heterocycles. The summed E-state index contributed by atoms with van der Waals surface area (Å²) in [5.41, 5.74) is 1.91. The Kier molecular flexibility index (Phi) is 7.53. The number of hydrogen-bond acceptors (Lipinski definition) is 2. The van der Waals surface area contributed by atoms with Crippen LogP contribution in [0.4, 0.5) is 0 Å². The van der Waals surface area contributed by atoms with Crippen molar-refractivity contribution in [1.29, 1.82) is 0 Å². The van der Waals surface area contributed by atoms with Gasteiger partial charge >= 0.3 is 0 Å². The van der Waals surface area contributed by atoms with Gasteiger partial charge in [0.05, 0.1) is 6.61 Å². The summed E-state index contributed by atoms with van der Waals surface area (Å²) in [5.74, 6) is 0.651. The van der Waals surface area contributed by atoms with Crippen LogP contribution in [-0.2, 0) is 4.74 Å². The molecule has 0 aliphatic rings. The maximum absolute atomic E-state index is 12.2. The van der Waals surface area contributed by atoms with Gasteiger partial charge < -0.3 is 4.74 Å². The van der Waals surface area contributed by atoms with Gasteiger partial charge in [0.2, 0.25) is 0 Å². The van der Waals surface area contributed by atoms with E-state index in [0.29, 0.717) is 12.5 Å². The van der Waals surface area contributed by atoms with Gasteiger partial charge in [0.15, 0.2) is 5.78 Å². The minimum atomic E-state index is -0.353. The van der Waals surface area contributed by atoms with Crippen molar-refractivity contribution in [3.63, 3.8) is 0 Å². The highest BCUT2D eigenvalue weighted by molar-refractivity contribution is 5.99. The van der Waals surface area contributed by atoms with Gasteiger partial charge in [-0.25, -0.2) is 0 Å². The van der Waals surface area contributed by atoms with Gasteiger partial charge in [0.25, 0.3) is 0 Å². The van der Waals surface area contributed by atoms with Gasteiger partial charge in [-0.15, -0.1) is 0 Å². The van der Waals surface area contributed by atoms with E-state index in [1.807, 2.05) is 38.1 Å². The van der Waals surface area contributed by atoms with Gasteiger partial charge in [-0.05, 0) is 26.2 Å². The van der Waals surface area contributed by atoms with Crippen molar-refractivity contribution >= 4 is 5.78 Å². The molecule has 0 N–H and O–H groups in total. The summed E-state index contributed by atoms with van der Waals surface area (Å²) >= 11 is 0. The first-order valence-electron chi connectivity index (χ1n) is 7.80. The predicted molar refractivity (Wildman–Crippen MR) is 84.2 cm³/mol. The number of carbonyl (C=O) groups is 1. The highest BCUT2D eigenvalue weighted by Crippen LogP contribution is 2.15. The summed E-state index contributed by atoms with van der Waals surface area (Å²) in [6.45, 7) is 8.96. The molecule has 0 bridgehead atoms. The second-order valence-corrected chi connectivity index (χ2v) is 5.62. The van der Waals surface area contributed by atoms with Crippen LogP contribution in [0.2, 0.25) is 0 Å². The Morgan fingerprint density at radius 3 is 2.40 bits per heavy atom. The number of ether oxygens (including phenoxy) is 1. The molecular weight excluding hydrogens is 248 g/mol. The van der Waals surface area contributed by atoms with Gasteiger partial charge in [-0.1, -0.05) is 62.9 Å². The third-order valence-electron chi connectivity index (χ3n) is 3.83. The van der Waals surface area contributed by atoms with Crippen LogP contribution in [0, 0.1) is 12.8 Å². The van der Waals surface area contributed by atoms with Crippen LogP contribution >= 0.6 is 0 Å². The van der Waals surface area contributed by atoms with E-state index < -0.39 is 0 Å². The fourth-order valence-corrected chi connectivity index (χ4v) is 2.21. The van der Waals surface area contributed by atoms with Gasteiger partial charge in [0, 0.05) is 5.56 Å². The molecule has 0 saturated heterocycles. The van der Waals surface area contributed by atoms with E-state index in [1.54, 1.807) is 0 Å². The van der Waals surface area contributed by atoms with Crippen LogP contribution in [0.1, 0.15) is 62.4 Å². The quantitative estimate of drug-likeness (QED) is 0.606. The Balaban J connectivity index is 2.46. The van der Waals surface area contributed by atoms with Gasteiger partial charge in [-0.2, -0.15) is 0 Å². The molecule has 1 rings (SSSR count). The third kappa shape index (κ3) is 5.46. The lowest BCUT2D eigenvalue weighted by Gasteiger charge is -2.18. The molecule has 20 heavy (non-hydrogen) atoms. The highest BCUT2D eigenvalue weighted by atomic mass is 16.5. The summed E-state index contributed by atoms with van der Waals surface area (Å²) in [5, 5.41) is 0. The number of Topliss-reactive ketones (excluding diaryl/α,β-unsaturated/α-hetero) is 1. The van der Waals surface area contributed by atoms with Crippen LogP contribution < -0.4 is 0 Å². The molecule has 2 unspecified atom stereocenters. The third-order valence-corrected chi connectivity index (χ3v) is 3.83. The molecule has 0 spiro atoms. The maximum Gasteiger partial charge on any atom is 0.191 e. The van der Waals surface area contributed by atoms with Crippen molar-refractivity contribution in [2.45, 2.75) is 59.5 Å². The molecule has 112 valence electrons. The summed E-state index contributed by atoms with van der Waals surface area (Å²) < 4.78 is 5.79. The van der Waals surface area contributed by atoms with Crippen molar-refractivity contribution in [2.75, 3.05) is 6.61 Å². The van der Waals surface area contributed by atoms with E-state index >= 15 is 0 Å². The van der Waals surface area contributed by atoms with E-state index in [1.165, 1.54) is 24.8 Å². The summed E-state index contributed by atoms with van der Waals surface area (Å²) in [6.07, 6.45) is 4.41. The number of hydrogen-bond donors (Lipinski definition) is 0. The molecule has 1 aromatic rings. The van der Waals surface area contributed by atoms with Crippen LogP contribution in [0.25, 0.3) is 0 Å². The van der Waals surface area contributed by atoms with Crippen LogP contribution in [-0.4, -0.2) is 18.5 Å². The summed E-state index contributed by atoms with van der Waals surface area (Å²) in [7, 11) is 0. The standard InChI is InChI=1S/C18H28O2/c1-5-7-8-16(6-2)13-20-15(4)18(19)17-11-9-14(3)10-12-17/h9-12,15-16H,5-8,13H2,1-4H3. The molecule has 0 amide bonds. The number of ketones is 1. The lowest BCUT2D eigenvalue weighted by atomic mass is 10.00. The predicted octanol–water partition coefficient (Wildman–Crippen LogP) is 4.80. The fraction of sp³-hybridized carbons (Fsp3) is 0.611. The monoisotopic (exact) mass is 276 g/mol. The lowest BCUT2D eigenvalue weighted by molar-refractivity contribution is 0.0321. The van der Waals surface area contributed by atoms with Crippen LogP contribution in [0.15, 0.2) is 24.3 Å².